The van der Waals surface area contributed by atoms with Crippen molar-refractivity contribution in [1.82, 2.24) is 9.88 Å². The molecule has 0 N–H and O–H groups in total. The average Bonchev–Trinajstić information content (AvgIpc) is 3.52. The molecule has 1 aromatic heterocycles. The molecule has 0 radical (unpaired) electrons. The molecule has 3 heterocycles. The minimum absolute atomic E-state index is 0.0720. The van der Waals surface area contributed by atoms with E-state index < -0.39 is 0 Å². The lowest BCUT2D eigenvalue weighted by atomic mass is 10.1. The summed E-state index contributed by atoms with van der Waals surface area (Å²) >= 11 is 3.47. The van der Waals surface area contributed by atoms with Crippen molar-refractivity contribution >= 4 is 27.7 Å². The lowest BCUT2D eigenvalue weighted by Gasteiger charge is -2.41. The minimum Gasteiger partial charge on any atom is -0.360 e. The molecule has 5 rings (SSSR count). The van der Waals surface area contributed by atoms with Crippen LogP contribution in [0, 0.1) is 11.3 Å². The number of likely N-dealkylation sites (tertiary alicyclic amines) is 1. The van der Waals surface area contributed by atoms with Gasteiger partial charge >= 0.3 is 0 Å². The largest absolute Gasteiger partial charge is 0.360 e. The Kier molecular flexibility index (Phi) is 5.00. The maximum Gasteiger partial charge on any atom is 0.248 e. The number of nitrogens with zero attached hydrogens (tertiary/aromatic N) is 4. The van der Waals surface area contributed by atoms with Crippen LogP contribution in [-0.4, -0.2) is 47.6 Å². The maximum atomic E-state index is 12.9. The summed E-state index contributed by atoms with van der Waals surface area (Å²) in [5, 5.41) is 8.99. The van der Waals surface area contributed by atoms with Gasteiger partial charge in [-0.3, -0.25) is 4.79 Å². The van der Waals surface area contributed by atoms with Crippen LogP contribution in [0.2, 0.25) is 0 Å². The fourth-order valence-corrected chi connectivity index (χ4v) is 5.02. The van der Waals surface area contributed by atoms with E-state index in [0.717, 1.165) is 41.5 Å². The number of carbonyl (C=O) groups excluding carboxylic acids is 1. The van der Waals surface area contributed by atoms with Crippen molar-refractivity contribution in [2.75, 3.05) is 24.6 Å². The fourth-order valence-electron chi connectivity index (χ4n) is 4.76. The highest BCUT2D eigenvalue weighted by molar-refractivity contribution is 9.10. The van der Waals surface area contributed by atoms with Crippen LogP contribution in [-0.2, 0) is 15.1 Å². The molecule has 6 nitrogen and oxygen atoms in total. The number of aromatic nitrogens is 1. The zero-order chi connectivity index (χ0) is 20.7. The Morgan fingerprint density at radius 3 is 2.43 bits per heavy atom. The summed E-state index contributed by atoms with van der Waals surface area (Å²) in [4.78, 5) is 21.7. The van der Waals surface area contributed by atoms with E-state index >= 15 is 0 Å². The molecule has 154 valence electrons. The summed E-state index contributed by atoms with van der Waals surface area (Å²) in [5.74, 6) is 0.972. The Balaban J connectivity index is 1.21. The first-order chi connectivity index (χ1) is 14.6. The molecule has 2 unspecified atom stereocenters. The van der Waals surface area contributed by atoms with Gasteiger partial charge in [-0.15, -0.1) is 0 Å². The molecule has 2 atom stereocenters. The van der Waals surface area contributed by atoms with Crippen LogP contribution in [0.15, 0.2) is 47.1 Å². The third-order valence-corrected chi connectivity index (χ3v) is 7.05. The van der Waals surface area contributed by atoms with Gasteiger partial charge in [0, 0.05) is 35.8 Å². The Bertz CT molecular complexity index is 968. The fraction of sp³-hybridized carbons (Fsp3) is 0.435. The van der Waals surface area contributed by atoms with E-state index in [1.54, 1.807) is 6.20 Å². The lowest BCUT2D eigenvalue weighted by molar-refractivity contribution is -0.140. The van der Waals surface area contributed by atoms with Crippen LogP contribution < -0.4 is 4.90 Å². The van der Waals surface area contributed by atoms with Crippen LogP contribution in [0.3, 0.4) is 0 Å². The number of anilines is 1. The first-order valence-corrected chi connectivity index (χ1v) is 11.2. The van der Waals surface area contributed by atoms with Gasteiger partial charge in [-0.1, -0.05) is 28.1 Å². The van der Waals surface area contributed by atoms with Gasteiger partial charge in [0.25, 0.3) is 0 Å². The van der Waals surface area contributed by atoms with E-state index in [2.05, 4.69) is 44.0 Å². The molecule has 2 aliphatic heterocycles. The molecule has 1 amide bonds. The highest BCUT2D eigenvalue weighted by atomic mass is 79.9. The smallest absolute Gasteiger partial charge is 0.248 e. The molecule has 3 fully saturated rings. The van der Waals surface area contributed by atoms with Gasteiger partial charge in [0.1, 0.15) is 18.5 Å². The number of nitriles is 1. The van der Waals surface area contributed by atoms with Crippen molar-refractivity contribution in [2.24, 2.45) is 0 Å². The second kappa shape index (κ2) is 7.68. The summed E-state index contributed by atoms with van der Waals surface area (Å²) in [5.41, 5.74) is 1.43. The van der Waals surface area contributed by atoms with Gasteiger partial charge < -0.3 is 14.5 Å². The molecule has 1 aliphatic carbocycles. The van der Waals surface area contributed by atoms with Gasteiger partial charge in [-0.2, -0.15) is 5.26 Å². The number of piperazine rings is 1. The van der Waals surface area contributed by atoms with E-state index in [0.29, 0.717) is 18.7 Å². The van der Waals surface area contributed by atoms with Gasteiger partial charge in [-0.25, -0.2) is 4.98 Å². The third-order valence-electron chi connectivity index (χ3n) is 6.52. The molecule has 0 spiro atoms. The van der Waals surface area contributed by atoms with E-state index in [4.69, 9.17) is 10.00 Å². The van der Waals surface area contributed by atoms with Crippen LogP contribution in [0.25, 0.3) is 0 Å². The predicted molar refractivity (Wildman–Crippen MR) is 116 cm³/mol. The van der Waals surface area contributed by atoms with Gasteiger partial charge in [0.05, 0.1) is 11.2 Å². The number of hydrogen-bond acceptors (Lipinski definition) is 5. The molecular formula is C23H23BrN4O2. The van der Waals surface area contributed by atoms with E-state index in [-0.39, 0.29) is 30.2 Å². The number of halogens is 1. The van der Waals surface area contributed by atoms with Crippen molar-refractivity contribution in [3.05, 3.63) is 58.2 Å². The van der Waals surface area contributed by atoms with E-state index in [1.807, 2.05) is 29.2 Å². The summed E-state index contributed by atoms with van der Waals surface area (Å²) in [6, 6.07) is 14.6. The summed E-state index contributed by atoms with van der Waals surface area (Å²) in [6.07, 6.45) is 5.66. The standard InChI is InChI=1S/C23H23BrN4O2/c24-18-4-2-17(3-5-18)23(9-10-23)30-15-22(29)27-13-19-6-7-20(14-27)28(19)21-8-1-16(11-25)12-26-21/h1-5,8,12,19-20H,6-7,9-10,13-15H2. The quantitative estimate of drug-likeness (QED) is 0.672. The topological polar surface area (TPSA) is 69.5 Å². The molecule has 3 aliphatic rings. The number of benzene rings is 1. The van der Waals surface area contributed by atoms with Crippen molar-refractivity contribution in [1.29, 1.82) is 5.26 Å². The number of fused-ring (bicyclic) bond motifs is 2. The normalized spacial score (nSPS) is 23.9. The number of pyridine rings is 1. The third kappa shape index (κ3) is 3.59. The number of hydrogen-bond donors (Lipinski definition) is 0. The van der Waals surface area contributed by atoms with Crippen LogP contribution in [0.4, 0.5) is 5.82 Å². The lowest BCUT2D eigenvalue weighted by Crippen LogP contribution is -2.56. The van der Waals surface area contributed by atoms with Crippen LogP contribution in [0.5, 0.6) is 0 Å². The number of rotatable bonds is 5. The van der Waals surface area contributed by atoms with Crippen molar-refractivity contribution in [3.8, 4) is 6.07 Å². The molecular weight excluding hydrogens is 444 g/mol. The first kappa shape index (κ1) is 19.5. The maximum absolute atomic E-state index is 12.9. The Morgan fingerprint density at radius 2 is 1.87 bits per heavy atom. The molecule has 30 heavy (non-hydrogen) atoms. The SMILES string of the molecule is N#Cc1ccc(N2C3CCC2CN(C(=O)COC2(c4ccc(Br)cc4)CC2)C3)nc1. The van der Waals surface area contributed by atoms with Crippen molar-refractivity contribution in [2.45, 2.75) is 43.4 Å². The van der Waals surface area contributed by atoms with Gasteiger partial charge in [-0.05, 0) is 55.5 Å². The minimum atomic E-state index is -0.288. The van der Waals surface area contributed by atoms with E-state index in [1.165, 1.54) is 0 Å². The summed E-state index contributed by atoms with van der Waals surface area (Å²) in [7, 11) is 0. The molecule has 2 saturated heterocycles. The predicted octanol–water partition coefficient (Wildman–Crippen LogP) is 3.60. The van der Waals surface area contributed by atoms with E-state index in [9.17, 15) is 4.79 Å². The molecule has 1 saturated carbocycles. The van der Waals surface area contributed by atoms with Gasteiger partial charge in [0.2, 0.25) is 5.91 Å². The Morgan fingerprint density at radius 1 is 1.17 bits per heavy atom. The zero-order valence-electron chi connectivity index (χ0n) is 16.6. The highest BCUT2D eigenvalue weighted by Gasteiger charge is 2.47. The summed E-state index contributed by atoms with van der Waals surface area (Å²) < 4.78 is 7.19. The number of carbonyl (C=O) groups is 1. The molecule has 2 bridgehead atoms. The van der Waals surface area contributed by atoms with Gasteiger partial charge in [0.15, 0.2) is 0 Å². The zero-order valence-corrected chi connectivity index (χ0v) is 18.2. The number of amides is 1. The number of ether oxygens (including phenoxy) is 1. The van der Waals surface area contributed by atoms with Crippen molar-refractivity contribution < 1.29 is 9.53 Å². The highest BCUT2D eigenvalue weighted by Crippen LogP contribution is 2.49. The second-order valence-corrected chi connectivity index (χ2v) is 9.31. The molecule has 7 heteroatoms. The molecule has 2 aromatic rings. The Labute approximate surface area is 184 Å². The second-order valence-electron chi connectivity index (χ2n) is 8.40. The van der Waals surface area contributed by atoms with Crippen LogP contribution in [0.1, 0.15) is 36.8 Å². The monoisotopic (exact) mass is 466 g/mol. The van der Waals surface area contributed by atoms with Crippen LogP contribution >= 0.6 is 15.9 Å². The Hall–Kier alpha value is -2.43. The molecule has 1 aromatic carbocycles. The van der Waals surface area contributed by atoms with Crippen molar-refractivity contribution in [3.63, 3.8) is 0 Å². The average molecular weight is 467 g/mol. The summed E-state index contributed by atoms with van der Waals surface area (Å²) in [6.45, 7) is 1.53. The first-order valence-electron chi connectivity index (χ1n) is 10.4.